The van der Waals surface area contributed by atoms with Crippen LogP contribution in [0.5, 0.6) is 0 Å². The van der Waals surface area contributed by atoms with E-state index >= 15 is 0 Å². The molecule has 0 spiro atoms. The second-order valence-electron chi connectivity index (χ2n) is 2.57. The zero-order chi connectivity index (χ0) is 10.3. The predicted molar refractivity (Wildman–Crippen MR) is 32.9 cm³/mol. The highest BCUT2D eigenvalue weighted by Crippen LogP contribution is 2.46. The molecule has 0 saturated carbocycles. The van der Waals surface area contributed by atoms with Crippen LogP contribution in [-0.2, 0) is 0 Å². The number of allylic oxidation sites excluding steroid dienone is 4. The zero-order valence-corrected chi connectivity index (χ0v) is 6.13. The van der Waals surface area contributed by atoms with Gasteiger partial charge in [-0.05, 0) is 6.08 Å². The van der Waals surface area contributed by atoms with Crippen LogP contribution in [-0.4, -0.2) is 11.8 Å². The van der Waals surface area contributed by atoms with Gasteiger partial charge in [-0.3, -0.25) is 0 Å². The molecule has 0 fully saturated rings. The van der Waals surface area contributed by atoms with Crippen molar-refractivity contribution < 1.29 is 26.3 Å². The topological polar surface area (TPSA) is 0 Å². The van der Waals surface area contributed by atoms with E-state index in [0.717, 1.165) is 0 Å². The van der Waals surface area contributed by atoms with Crippen LogP contribution in [0.25, 0.3) is 0 Å². The van der Waals surface area contributed by atoms with Gasteiger partial charge in [0.2, 0.25) is 0 Å². The largest absolute Gasteiger partial charge is 0.429 e. The van der Waals surface area contributed by atoms with Crippen molar-refractivity contribution in [1.29, 1.82) is 0 Å². The average Bonchev–Trinajstić information content (AvgIpc) is 1.98. The highest BCUT2D eigenvalue weighted by atomic mass is 19.4. The molecular formula is C7H4F6. The van der Waals surface area contributed by atoms with Crippen LogP contribution in [0.4, 0.5) is 26.3 Å². The van der Waals surface area contributed by atoms with Crippen LogP contribution < -0.4 is 0 Å². The van der Waals surface area contributed by atoms with Gasteiger partial charge in [0.25, 0.3) is 5.67 Å². The minimum atomic E-state index is -5.43. The van der Waals surface area contributed by atoms with Gasteiger partial charge in [-0.15, -0.1) is 0 Å². The Bertz CT molecular complexity index is 273. The molecule has 0 aliphatic heterocycles. The van der Waals surface area contributed by atoms with Crippen molar-refractivity contribution in [3.8, 4) is 0 Å². The molecule has 1 atom stereocenters. The van der Waals surface area contributed by atoms with Crippen molar-refractivity contribution in [2.24, 2.45) is 0 Å². The first-order valence-corrected chi connectivity index (χ1v) is 3.27. The lowest BCUT2D eigenvalue weighted by Gasteiger charge is -2.26. The summed E-state index contributed by atoms with van der Waals surface area (Å²) in [6.07, 6.45) is -5.58. The third-order valence-corrected chi connectivity index (χ3v) is 1.67. The second kappa shape index (κ2) is 2.78. The molecule has 0 heterocycles. The summed E-state index contributed by atoms with van der Waals surface area (Å²) in [6.45, 7) is 0. The molecule has 6 heteroatoms. The Balaban J connectivity index is 3.15. The van der Waals surface area contributed by atoms with E-state index in [2.05, 4.69) is 0 Å². The summed E-state index contributed by atoms with van der Waals surface area (Å²) >= 11 is 0. The van der Waals surface area contributed by atoms with Gasteiger partial charge in [0.05, 0.1) is 0 Å². The van der Waals surface area contributed by atoms with E-state index in [1.54, 1.807) is 0 Å². The highest BCUT2D eigenvalue weighted by Gasteiger charge is 2.60. The molecule has 74 valence electrons. The summed E-state index contributed by atoms with van der Waals surface area (Å²) in [4.78, 5) is 0. The van der Waals surface area contributed by atoms with Crippen molar-refractivity contribution in [1.82, 2.24) is 0 Å². The summed E-state index contributed by atoms with van der Waals surface area (Å²) < 4.78 is 73.3. The fourth-order valence-electron chi connectivity index (χ4n) is 0.917. The number of hydrogen-bond acceptors (Lipinski definition) is 0. The SMILES string of the molecule is FC1=C(F)C(F)(C(F)(F)F)CC=C1. The molecule has 0 radical (unpaired) electrons. The molecule has 0 nitrogen and oxygen atoms in total. The van der Waals surface area contributed by atoms with Crippen molar-refractivity contribution in [3.05, 3.63) is 23.8 Å². The molecule has 0 aromatic carbocycles. The van der Waals surface area contributed by atoms with Gasteiger partial charge in [-0.1, -0.05) is 6.08 Å². The van der Waals surface area contributed by atoms with Crippen LogP contribution in [0.15, 0.2) is 23.8 Å². The Kier molecular flexibility index (Phi) is 2.17. The monoisotopic (exact) mass is 202 g/mol. The summed E-state index contributed by atoms with van der Waals surface area (Å²) in [5, 5.41) is 0. The predicted octanol–water partition coefficient (Wildman–Crippen LogP) is 3.37. The Morgan fingerprint density at radius 2 is 1.77 bits per heavy atom. The number of halogens is 6. The summed E-state index contributed by atoms with van der Waals surface area (Å²) in [7, 11) is 0. The summed E-state index contributed by atoms with van der Waals surface area (Å²) in [6, 6.07) is 0. The first-order chi connectivity index (χ1) is 5.79. The lowest BCUT2D eigenvalue weighted by Crippen LogP contribution is -2.42. The van der Waals surface area contributed by atoms with Crippen LogP contribution in [0, 0.1) is 0 Å². The van der Waals surface area contributed by atoms with Crippen LogP contribution in [0.3, 0.4) is 0 Å². The van der Waals surface area contributed by atoms with Crippen molar-refractivity contribution in [3.63, 3.8) is 0 Å². The summed E-state index contributed by atoms with van der Waals surface area (Å²) in [5.74, 6) is -4.21. The Labute approximate surface area is 69.5 Å². The third kappa shape index (κ3) is 1.45. The highest BCUT2D eigenvalue weighted by molar-refractivity contribution is 5.30. The molecule has 13 heavy (non-hydrogen) atoms. The quantitative estimate of drug-likeness (QED) is 0.528. The molecule has 0 aromatic heterocycles. The van der Waals surface area contributed by atoms with E-state index in [-0.39, 0.29) is 0 Å². The number of alkyl halides is 4. The van der Waals surface area contributed by atoms with E-state index < -0.39 is 29.9 Å². The van der Waals surface area contributed by atoms with E-state index in [1.165, 1.54) is 0 Å². The van der Waals surface area contributed by atoms with Gasteiger partial charge in [-0.25, -0.2) is 13.2 Å². The average molecular weight is 202 g/mol. The number of rotatable bonds is 0. The van der Waals surface area contributed by atoms with Gasteiger partial charge in [0.1, 0.15) is 0 Å². The maximum absolute atomic E-state index is 12.9. The van der Waals surface area contributed by atoms with Gasteiger partial charge in [0, 0.05) is 6.42 Å². The number of hydrogen-bond donors (Lipinski definition) is 0. The molecule has 0 N–H and O–H groups in total. The van der Waals surface area contributed by atoms with E-state index in [9.17, 15) is 26.3 Å². The molecule has 0 amide bonds. The maximum atomic E-state index is 12.9. The standard InChI is InChI=1S/C7H4F6/c8-4-2-1-3-6(10,5(4)9)7(11,12)13/h1-2H,3H2. The third-order valence-electron chi connectivity index (χ3n) is 1.67. The van der Waals surface area contributed by atoms with Crippen molar-refractivity contribution in [2.75, 3.05) is 0 Å². The van der Waals surface area contributed by atoms with Gasteiger partial charge in [0.15, 0.2) is 11.7 Å². The van der Waals surface area contributed by atoms with Crippen LogP contribution >= 0.6 is 0 Å². The van der Waals surface area contributed by atoms with Crippen molar-refractivity contribution >= 4 is 0 Å². The molecule has 0 aromatic rings. The molecule has 1 aliphatic rings. The molecular weight excluding hydrogens is 198 g/mol. The maximum Gasteiger partial charge on any atom is 0.429 e. The molecule has 1 unspecified atom stereocenters. The van der Waals surface area contributed by atoms with E-state index in [4.69, 9.17) is 0 Å². The molecule has 0 bridgehead atoms. The Morgan fingerprint density at radius 1 is 1.23 bits per heavy atom. The summed E-state index contributed by atoms with van der Waals surface area (Å²) in [5.41, 5.74) is -4.20. The van der Waals surface area contributed by atoms with Gasteiger partial charge < -0.3 is 0 Å². The van der Waals surface area contributed by atoms with Gasteiger partial charge >= 0.3 is 6.18 Å². The first kappa shape index (κ1) is 10.1. The minimum Gasteiger partial charge on any atom is -0.225 e. The fraction of sp³-hybridized carbons (Fsp3) is 0.429. The Hall–Kier alpha value is -0.940. The van der Waals surface area contributed by atoms with Crippen LogP contribution in [0.1, 0.15) is 6.42 Å². The second-order valence-corrected chi connectivity index (χ2v) is 2.57. The smallest absolute Gasteiger partial charge is 0.225 e. The lowest BCUT2D eigenvalue weighted by atomic mass is 9.95. The fourth-order valence-corrected chi connectivity index (χ4v) is 0.917. The Morgan fingerprint density at radius 3 is 2.15 bits per heavy atom. The molecule has 1 aliphatic carbocycles. The van der Waals surface area contributed by atoms with Crippen molar-refractivity contribution in [2.45, 2.75) is 18.3 Å². The lowest BCUT2D eigenvalue weighted by molar-refractivity contribution is -0.221. The van der Waals surface area contributed by atoms with E-state index in [1.807, 2.05) is 0 Å². The minimum absolute atomic E-state index is 0.471. The zero-order valence-electron chi connectivity index (χ0n) is 6.13. The van der Waals surface area contributed by atoms with Crippen LogP contribution in [0.2, 0.25) is 0 Å². The molecule has 0 saturated heterocycles. The first-order valence-electron chi connectivity index (χ1n) is 3.27. The molecule has 1 rings (SSSR count). The normalized spacial score (nSPS) is 29.7. The van der Waals surface area contributed by atoms with Gasteiger partial charge in [-0.2, -0.15) is 13.2 Å². The van der Waals surface area contributed by atoms with E-state index in [0.29, 0.717) is 12.2 Å².